The standard InChI is InChI=1S/C12H12ClF5O/c1-2-3-11(14,15)8-4-7(5-9(13)6-8)10(19)12(16,17)18/h4-6,10,19H,2-3H2,1H3. The monoisotopic (exact) mass is 302 g/mol. The van der Waals surface area contributed by atoms with Crippen LogP contribution in [0.3, 0.4) is 0 Å². The molecule has 0 saturated carbocycles. The van der Waals surface area contributed by atoms with Gasteiger partial charge in [-0.25, -0.2) is 8.78 Å². The van der Waals surface area contributed by atoms with E-state index in [-0.39, 0.29) is 11.4 Å². The summed E-state index contributed by atoms with van der Waals surface area (Å²) in [6.45, 7) is 1.53. The molecule has 0 amide bonds. The van der Waals surface area contributed by atoms with Crippen molar-refractivity contribution in [1.29, 1.82) is 0 Å². The lowest BCUT2D eigenvalue weighted by Crippen LogP contribution is -2.21. The van der Waals surface area contributed by atoms with Gasteiger partial charge in [0.15, 0.2) is 6.10 Å². The van der Waals surface area contributed by atoms with Gasteiger partial charge in [0, 0.05) is 17.0 Å². The van der Waals surface area contributed by atoms with Crippen molar-refractivity contribution in [2.75, 3.05) is 0 Å². The summed E-state index contributed by atoms with van der Waals surface area (Å²) in [5.41, 5.74) is -1.31. The van der Waals surface area contributed by atoms with Crippen LogP contribution >= 0.6 is 11.6 Å². The number of alkyl halides is 5. The van der Waals surface area contributed by atoms with Gasteiger partial charge in [0.05, 0.1) is 0 Å². The number of aliphatic hydroxyl groups is 1. The number of halogens is 6. The Balaban J connectivity index is 3.21. The first-order chi connectivity index (χ1) is 8.58. The maximum atomic E-state index is 13.7. The number of hydrogen-bond acceptors (Lipinski definition) is 1. The second kappa shape index (κ2) is 5.63. The van der Waals surface area contributed by atoms with Crippen molar-refractivity contribution in [1.82, 2.24) is 0 Å². The second-order valence-corrected chi connectivity index (χ2v) is 4.61. The summed E-state index contributed by atoms with van der Waals surface area (Å²) >= 11 is 5.54. The fraction of sp³-hybridized carbons (Fsp3) is 0.500. The lowest BCUT2D eigenvalue weighted by molar-refractivity contribution is -0.206. The SMILES string of the molecule is CCCC(F)(F)c1cc(Cl)cc(C(O)C(F)(F)F)c1. The molecule has 0 aliphatic carbocycles. The topological polar surface area (TPSA) is 20.2 Å². The summed E-state index contributed by atoms with van der Waals surface area (Å²) < 4.78 is 64.4. The summed E-state index contributed by atoms with van der Waals surface area (Å²) in [4.78, 5) is 0. The summed E-state index contributed by atoms with van der Waals surface area (Å²) in [5.74, 6) is -3.28. The first kappa shape index (κ1) is 16.2. The average Bonchev–Trinajstić information content (AvgIpc) is 2.25. The van der Waals surface area contributed by atoms with Gasteiger partial charge in [0.25, 0.3) is 5.92 Å². The van der Waals surface area contributed by atoms with Gasteiger partial charge < -0.3 is 5.11 Å². The van der Waals surface area contributed by atoms with E-state index in [9.17, 15) is 22.0 Å². The van der Waals surface area contributed by atoms with Crippen molar-refractivity contribution in [3.8, 4) is 0 Å². The second-order valence-electron chi connectivity index (χ2n) is 4.17. The van der Waals surface area contributed by atoms with Crippen molar-refractivity contribution in [3.63, 3.8) is 0 Å². The number of benzene rings is 1. The largest absolute Gasteiger partial charge is 0.418 e. The molecule has 0 aromatic heterocycles. The first-order valence-electron chi connectivity index (χ1n) is 5.51. The van der Waals surface area contributed by atoms with Crippen LogP contribution in [-0.2, 0) is 5.92 Å². The fourth-order valence-corrected chi connectivity index (χ4v) is 1.87. The molecule has 1 N–H and O–H groups in total. The molecule has 1 unspecified atom stereocenters. The zero-order valence-corrected chi connectivity index (χ0v) is 10.7. The highest BCUT2D eigenvalue weighted by atomic mass is 35.5. The van der Waals surface area contributed by atoms with Crippen LogP contribution in [0.5, 0.6) is 0 Å². The lowest BCUT2D eigenvalue weighted by Gasteiger charge is -2.20. The van der Waals surface area contributed by atoms with E-state index in [2.05, 4.69) is 0 Å². The van der Waals surface area contributed by atoms with E-state index in [1.54, 1.807) is 0 Å². The molecule has 0 aliphatic heterocycles. The first-order valence-corrected chi connectivity index (χ1v) is 5.89. The van der Waals surface area contributed by atoms with E-state index in [4.69, 9.17) is 16.7 Å². The van der Waals surface area contributed by atoms with Gasteiger partial charge in [-0.15, -0.1) is 0 Å². The van der Waals surface area contributed by atoms with Gasteiger partial charge in [0.2, 0.25) is 0 Å². The zero-order valence-electron chi connectivity index (χ0n) is 9.94. The molecule has 0 spiro atoms. The van der Waals surface area contributed by atoms with Gasteiger partial charge in [-0.3, -0.25) is 0 Å². The van der Waals surface area contributed by atoms with Crippen molar-refractivity contribution in [2.24, 2.45) is 0 Å². The Kier molecular flexibility index (Phi) is 4.79. The molecule has 0 saturated heterocycles. The van der Waals surface area contributed by atoms with Crippen LogP contribution in [0.15, 0.2) is 18.2 Å². The van der Waals surface area contributed by atoms with Crippen LogP contribution in [0, 0.1) is 0 Å². The molecule has 7 heteroatoms. The van der Waals surface area contributed by atoms with Crippen molar-refractivity contribution < 1.29 is 27.1 Å². The van der Waals surface area contributed by atoms with Crippen LogP contribution in [0.4, 0.5) is 22.0 Å². The van der Waals surface area contributed by atoms with Crippen LogP contribution in [0.1, 0.15) is 37.0 Å². The number of aliphatic hydroxyl groups excluding tert-OH is 1. The Morgan fingerprint density at radius 1 is 1.16 bits per heavy atom. The summed E-state index contributed by atoms with van der Waals surface area (Å²) in [6, 6.07) is 2.37. The van der Waals surface area contributed by atoms with Crippen molar-refractivity contribution in [3.05, 3.63) is 34.3 Å². The molecule has 1 aromatic rings. The molecular formula is C12H12ClF5O. The molecule has 19 heavy (non-hydrogen) atoms. The smallest absolute Gasteiger partial charge is 0.379 e. The summed E-state index contributed by atoms with van der Waals surface area (Å²) in [5, 5.41) is 8.80. The Morgan fingerprint density at radius 3 is 2.21 bits per heavy atom. The zero-order chi connectivity index (χ0) is 14.8. The minimum Gasteiger partial charge on any atom is -0.379 e. The van der Waals surface area contributed by atoms with E-state index >= 15 is 0 Å². The molecule has 1 atom stereocenters. The number of rotatable bonds is 4. The van der Waals surface area contributed by atoms with Gasteiger partial charge in [-0.1, -0.05) is 24.9 Å². The Hall–Kier alpha value is -0.880. The number of hydrogen-bond donors (Lipinski definition) is 1. The predicted octanol–water partition coefficient (Wildman–Crippen LogP) is 4.83. The van der Waals surface area contributed by atoms with E-state index in [1.807, 2.05) is 0 Å². The maximum Gasteiger partial charge on any atom is 0.418 e. The molecular weight excluding hydrogens is 291 g/mol. The van der Waals surface area contributed by atoms with Gasteiger partial charge in [-0.2, -0.15) is 13.2 Å². The molecule has 0 aliphatic rings. The Bertz CT molecular complexity index is 444. The van der Waals surface area contributed by atoms with Crippen LogP contribution < -0.4 is 0 Å². The third-order valence-electron chi connectivity index (χ3n) is 2.53. The third kappa shape index (κ3) is 4.04. The normalized spacial score (nSPS) is 14.5. The molecule has 108 valence electrons. The van der Waals surface area contributed by atoms with E-state index in [0.717, 1.165) is 12.1 Å². The maximum absolute atomic E-state index is 13.7. The molecule has 1 aromatic carbocycles. The highest BCUT2D eigenvalue weighted by molar-refractivity contribution is 6.30. The Labute approximate surface area is 112 Å². The molecule has 0 radical (unpaired) electrons. The van der Waals surface area contributed by atoms with E-state index in [0.29, 0.717) is 6.07 Å². The minimum absolute atomic E-state index is 0.163. The van der Waals surface area contributed by atoms with E-state index < -0.39 is 35.8 Å². The molecule has 1 rings (SSSR count). The van der Waals surface area contributed by atoms with Crippen LogP contribution in [-0.4, -0.2) is 11.3 Å². The van der Waals surface area contributed by atoms with Gasteiger partial charge >= 0.3 is 6.18 Å². The molecule has 0 fully saturated rings. The quantitative estimate of drug-likeness (QED) is 0.790. The van der Waals surface area contributed by atoms with Crippen LogP contribution in [0.25, 0.3) is 0 Å². The summed E-state index contributed by atoms with van der Waals surface area (Å²) in [6.07, 6.45) is -8.10. The highest BCUT2D eigenvalue weighted by Gasteiger charge is 2.40. The van der Waals surface area contributed by atoms with Gasteiger partial charge in [0.1, 0.15) is 0 Å². The third-order valence-corrected chi connectivity index (χ3v) is 2.75. The van der Waals surface area contributed by atoms with Crippen molar-refractivity contribution in [2.45, 2.75) is 38.0 Å². The molecule has 0 heterocycles. The van der Waals surface area contributed by atoms with Gasteiger partial charge in [-0.05, 0) is 23.8 Å². The van der Waals surface area contributed by atoms with Crippen molar-refractivity contribution >= 4 is 11.6 Å². The van der Waals surface area contributed by atoms with E-state index in [1.165, 1.54) is 6.92 Å². The Morgan fingerprint density at radius 2 is 1.74 bits per heavy atom. The van der Waals surface area contributed by atoms with Crippen LogP contribution in [0.2, 0.25) is 5.02 Å². The summed E-state index contributed by atoms with van der Waals surface area (Å²) in [7, 11) is 0. The average molecular weight is 303 g/mol. The molecule has 1 nitrogen and oxygen atoms in total. The lowest BCUT2D eigenvalue weighted by atomic mass is 9.99. The molecule has 0 bridgehead atoms. The minimum atomic E-state index is -4.93. The fourth-order valence-electron chi connectivity index (χ4n) is 1.63. The highest BCUT2D eigenvalue weighted by Crippen LogP contribution is 2.39. The predicted molar refractivity (Wildman–Crippen MR) is 61.3 cm³/mol.